The number of amides is 3. The van der Waals surface area contributed by atoms with Crippen LogP contribution in [0.25, 0.3) is 6.08 Å². The normalized spacial score (nSPS) is 10.5. The third kappa shape index (κ3) is 5.54. The predicted molar refractivity (Wildman–Crippen MR) is 105 cm³/mol. The lowest BCUT2D eigenvalue weighted by molar-refractivity contribution is -0.125. The van der Waals surface area contributed by atoms with Gasteiger partial charge in [-0.15, -0.1) is 0 Å². The Morgan fingerprint density at radius 2 is 1.33 bits per heavy atom. The number of carbonyl (C=O) groups is 3. The molecular weight excluding hydrogens is 342 g/mol. The number of carbonyl (C=O) groups excluding carboxylic acids is 3. The van der Waals surface area contributed by atoms with E-state index in [1.807, 2.05) is 12.1 Å². The van der Waals surface area contributed by atoms with Crippen molar-refractivity contribution in [1.29, 1.82) is 0 Å². The van der Waals surface area contributed by atoms with Crippen LogP contribution in [0.2, 0.25) is 0 Å². The smallest absolute Gasteiger partial charge is 0.251 e. The second-order valence-corrected chi connectivity index (χ2v) is 6.00. The Balaban J connectivity index is 1.95. The molecule has 140 valence electrons. The molecule has 0 atom stereocenters. The zero-order chi connectivity index (χ0) is 19.8. The monoisotopic (exact) mass is 365 g/mol. The standard InChI is InChI=1S/C21H23N3O3/c1-22-20(26)17-9-4-15(5-10-17)8-13-19(25)24(3)14-16-6-11-18(12-7-16)21(27)23-2/h4-13H,14H2,1-3H3,(H,22,26)(H,23,27). The lowest BCUT2D eigenvalue weighted by Gasteiger charge is -2.15. The molecular formula is C21H23N3O3. The molecule has 27 heavy (non-hydrogen) atoms. The van der Waals surface area contributed by atoms with Crippen LogP contribution in [0.3, 0.4) is 0 Å². The summed E-state index contributed by atoms with van der Waals surface area (Å²) in [5.74, 6) is -0.430. The summed E-state index contributed by atoms with van der Waals surface area (Å²) in [5, 5.41) is 5.13. The van der Waals surface area contributed by atoms with Gasteiger partial charge < -0.3 is 15.5 Å². The van der Waals surface area contributed by atoms with Gasteiger partial charge in [0.1, 0.15) is 0 Å². The van der Waals surface area contributed by atoms with Gasteiger partial charge in [0.15, 0.2) is 0 Å². The summed E-state index contributed by atoms with van der Waals surface area (Å²) in [6, 6.07) is 14.1. The molecule has 0 fully saturated rings. The van der Waals surface area contributed by atoms with Crippen molar-refractivity contribution in [2.45, 2.75) is 6.54 Å². The Morgan fingerprint density at radius 1 is 0.852 bits per heavy atom. The van der Waals surface area contributed by atoms with E-state index in [0.29, 0.717) is 17.7 Å². The van der Waals surface area contributed by atoms with Crippen LogP contribution >= 0.6 is 0 Å². The van der Waals surface area contributed by atoms with Gasteiger partial charge in [-0.05, 0) is 41.5 Å². The molecule has 0 saturated heterocycles. The molecule has 3 amide bonds. The maximum Gasteiger partial charge on any atom is 0.251 e. The molecule has 6 nitrogen and oxygen atoms in total. The molecule has 0 spiro atoms. The molecule has 0 aliphatic carbocycles. The third-order valence-electron chi connectivity index (χ3n) is 4.06. The fourth-order valence-corrected chi connectivity index (χ4v) is 2.44. The summed E-state index contributed by atoms with van der Waals surface area (Å²) in [6.45, 7) is 0.437. The van der Waals surface area contributed by atoms with E-state index in [9.17, 15) is 14.4 Å². The molecule has 2 aromatic carbocycles. The van der Waals surface area contributed by atoms with Gasteiger partial charge in [-0.2, -0.15) is 0 Å². The van der Waals surface area contributed by atoms with Crippen LogP contribution < -0.4 is 10.6 Å². The number of benzene rings is 2. The maximum atomic E-state index is 12.3. The average molecular weight is 365 g/mol. The van der Waals surface area contributed by atoms with E-state index in [-0.39, 0.29) is 17.7 Å². The van der Waals surface area contributed by atoms with E-state index in [1.54, 1.807) is 68.5 Å². The number of nitrogens with one attached hydrogen (secondary N) is 2. The molecule has 0 aliphatic heterocycles. The fraction of sp³-hybridized carbons (Fsp3) is 0.190. The Hall–Kier alpha value is -3.41. The molecule has 0 aromatic heterocycles. The number of likely N-dealkylation sites (N-methyl/N-ethyl adjacent to an activating group) is 1. The van der Waals surface area contributed by atoms with Gasteiger partial charge in [0.25, 0.3) is 11.8 Å². The van der Waals surface area contributed by atoms with Gasteiger partial charge >= 0.3 is 0 Å². The van der Waals surface area contributed by atoms with E-state index < -0.39 is 0 Å². The molecule has 0 heterocycles. The quantitative estimate of drug-likeness (QED) is 0.770. The summed E-state index contributed by atoms with van der Waals surface area (Å²) in [6.07, 6.45) is 3.20. The van der Waals surface area contributed by atoms with Crippen LogP contribution in [-0.4, -0.2) is 43.8 Å². The Labute approximate surface area is 158 Å². The van der Waals surface area contributed by atoms with Gasteiger partial charge in [-0.25, -0.2) is 0 Å². The predicted octanol–water partition coefficient (Wildman–Crippen LogP) is 2.08. The van der Waals surface area contributed by atoms with Gasteiger partial charge in [0, 0.05) is 44.9 Å². The maximum absolute atomic E-state index is 12.3. The van der Waals surface area contributed by atoms with Crippen molar-refractivity contribution in [2.75, 3.05) is 21.1 Å². The van der Waals surface area contributed by atoms with Gasteiger partial charge in [0.05, 0.1) is 0 Å². The van der Waals surface area contributed by atoms with Crippen molar-refractivity contribution in [3.63, 3.8) is 0 Å². The van der Waals surface area contributed by atoms with Crippen molar-refractivity contribution in [3.05, 3.63) is 76.9 Å². The van der Waals surface area contributed by atoms with Crippen molar-refractivity contribution in [2.24, 2.45) is 0 Å². The van der Waals surface area contributed by atoms with Crippen molar-refractivity contribution < 1.29 is 14.4 Å². The lowest BCUT2D eigenvalue weighted by Crippen LogP contribution is -2.24. The summed E-state index contributed by atoms with van der Waals surface area (Å²) >= 11 is 0. The molecule has 2 aromatic rings. The first kappa shape index (κ1) is 19.9. The summed E-state index contributed by atoms with van der Waals surface area (Å²) < 4.78 is 0. The van der Waals surface area contributed by atoms with E-state index in [4.69, 9.17) is 0 Å². The highest BCUT2D eigenvalue weighted by Gasteiger charge is 2.08. The minimum Gasteiger partial charge on any atom is -0.355 e. The first-order chi connectivity index (χ1) is 12.9. The van der Waals surface area contributed by atoms with Crippen LogP contribution in [-0.2, 0) is 11.3 Å². The average Bonchev–Trinajstić information content (AvgIpc) is 2.71. The molecule has 6 heteroatoms. The minimum atomic E-state index is -0.149. The third-order valence-corrected chi connectivity index (χ3v) is 4.06. The molecule has 0 bridgehead atoms. The fourth-order valence-electron chi connectivity index (χ4n) is 2.44. The number of hydrogen-bond acceptors (Lipinski definition) is 3. The van der Waals surface area contributed by atoms with Crippen LogP contribution in [0.5, 0.6) is 0 Å². The van der Waals surface area contributed by atoms with E-state index in [0.717, 1.165) is 11.1 Å². The molecule has 0 aliphatic rings. The first-order valence-electron chi connectivity index (χ1n) is 8.51. The molecule has 2 N–H and O–H groups in total. The second-order valence-electron chi connectivity index (χ2n) is 6.00. The Bertz CT molecular complexity index is 840. The SMILES string of the molecule is CNC(=O)c1ccc(C=CC(=O)N(C)Cc2ccc(C(=O)NC)cc2)cc1. The summed E-state index contributed by atoms with van der Waals surface area (Å²) in [7, 11) is 4.88. The molecule has 0 unspecified atom stereocenters. The molecule has 0 radical (unpaired) electrons. The van der Waals surface area contributed by atoms with Crippen molar-refractivity contribution >= 4 is 23.8 Å². The largest absolute Gasteiger partial charge is 0.355 e. The van der Waals surface area contributed by atoms with Gasteiger partial charge in [0.2, 0.25) is 5.91 Å². The lowest BCUT2D eigenvalue weighted by atomic mass is 10.1. The topological polar surface area (TPSA) is 78.5 Å². The Morgan fingerprint density at radius 3 is 1.81 bits per heavy atom. The summed E-state index contributed by atoms with van der Waals surface area (Å²) in [5.41, 5.74) is 2.91. The molecule has 0 saturated carbocycles. The van der Waals surface area contributed by atoms with E-state index in [1.165, 1.54) is 6.08 Å². The zero-order valence-electron chi connectivity index (χ0n) is 15.7. The van der Waals surface area contributed by atoms with Gasteiger partial charge in [-0.3, -0.25) is 14.4 Å². The number of nitrogens with zero attached hydrogens (tertiary/aromatic N) is 1. The van der Waals surface area contributed by atoms with E-state index in [2.05, 4.69) is 10.6 Å². The Kier molecular flexibility index (Phi) is 6.88. The van der Waals surface area contributed by atoms with Crippen molar-refractivity contribution in [1.82, 2.24) is 15.5 Å². The minimum absolute atomic E-state index is 0.138. The highest BCUT2D eigenvalue weighted by Crippen LogP contribution is 2.09. The second kappa shape index (κ2) is 9.33. The number of hydrogen-bond donors (Lipinski definition) is 2. The van der Waals surface area contributed by atoms with Gasteiger partial charge in [-0.1, -0.05) is 24.3 Å². The molecule has 2 rings (SSSR count). The highest BCUT2D eigenvalue weighted by molar-refractivity contribution is 5.95. The zero-order valence-corrected chi connectivity index (χ0v) is 15.7. The van der Waals surface area contributed by atoms with Crippen LogP contribution in [0.1, 0.15) is 31.8 Å². The number of rotatable bonds is 6. The van der Waals surface area contributed by atoms with Crippen LogP contribution in [0.15, 0.2) is 54.6 Å². The first-order valence-corrected chi connectivity index (χ1v) is 8.51. The highest BCUT2D eigenvalue weighted by atomic mass is 16.2. The van der Waals surface area contributed by atoms with Crippen molar-refractivity contribution in [3.8, 4) is 0 Å². The van der Waals surface area contributed by atoms with Crippen LogP contribution in [0, 0.1) is 0 Å². The van der Waals surface area contributed by atoms with Crippen LogP contribution in [0.4, 0.5) is 0 Å². The van der Waals surface area contributed by atoms with E-state index >= 15 is 0 Å². The summed E-state index contributed by atoms with van der Waals surface area (Å²) in [4.78, 5) is 36.9.